The van der Waals surface area contributed by atoms with Gasteiger partial charge >= 0.3 is 0 Å². The van der Waals surface area contributed by atoms with Crippen molar-refractivity contribution in [2.45, 2.75) is 32.7 Å². The van der Waals surface area contributed by atoms with Crippen LogP contribution in [-0.2, 0) is 0 Å². The zero-order chi connectivity index (χ0) is 11.4. The Kier molecular flexibility index (Phi) is 3.83. The normalized spacial score (nSPS) is 22.6. The van der Waals surface area contributed by atoms with Gasteiger partial charge in [-0.2, -0.15) is 0 Å². The molecule has 0 aliphatic carbocycles. The minimum absolute atomic E-state index is 0.635. The minimum atomic E-state index is 0.635. The Balaban J connectivity index is 2.12. The number of rotatable bonds is 1. The van der Waals surface area contributed by atoms with Gasteiger partial charge in [-0.15, -0.1) is 0 Å². The lowest BCUT2D eigenvalue weighted by Gasteiger charge is -2.33. The van der Waals surface area contributed by atoms with E-state index >= 15 is 0 Å². The number of benzene rings is 1. The summed E-state index contributed by atoms with van der Waals surface area (Å²) in [5.74, 6) is 0. The Hall–Kier alpha value is -1.02. The minimum Gasteiger partial charge on any atom is -0.369 e. The van der Waals surface area contributed by atoms with E-state index in [4.69, 9.17) is 0 Å². The van der Waals surface area contributed by atoms with Gasteiger partial charge in [0.1, 0.15) is 0 Å². The number of nitrogens with one attached hydrogen (secondary N) is 1. The predicted molar refractivity (Wildman–Crippen MR) is 70.1 cm³/mol. The van der Waals surface area contributed by atoms with Crippen molar-refractivity contribution >= 4 is 5.69 Å². The van der Waals surface area contributed by atoms with Gasteiger partial charge in [-0.1, -0.05) is 17.7 Å². The van der Waals surface area contributed by atoms with Gasteiger partial charge in [-0.25, -0.2) is 0 Å². The largest absolute Gasteiger partial charge is 0.369 e. The molecular weight excluding hydrogens is 196 g/mol. The molecule has 0 bridgehead atoms. The summed E-state index contributed by atoms with van der Waals surface area (Å²) >= 11 is 0. The number of hydrogen-bond acceptors (Lipinski definition) is 2. The smallest absolute Gasteiger partial charge is 0.0368 e. The van der Waals surface area contributed by atoms with Crippen LogP contribution in [0.4, 0.5) is 5.69 Å². The summed E-state index contributed by atoms with van der Waals surface area (Å²) in [5.41, 5.74) is 2.71. The fourth-order valence-electron chi connectivity index (χ4n) is 2.31. The SMILES string of the molecule is Cc1ccc(N2CCCNCCC2C)cc1. The van der Waals surface area contributed by atoms with Crippen molar-refractivity contribution in [1.82, 2.24) is 5.32 Å². The van der Waals surface area contributed by atoms with Crippen LogP contribution in [0.3, 0.4) is 0 Å². The van der Waals surface area contributed by atoms with Crippen LogP contribution in [-0.4, -0.2) is 25.7 Å². The second kappa shape index (κ2) is 5.35. The van der Waals surface area contributed by atoms with Crippen LogP contribution < -0.4 is 10.2 Å². The van der Waals surface area contributed by atoms with Crippen LogP contribution in [0.2, 0.25) is 0 Å². The predicted octanol–water partition coefficient (Wildman–Crippen LogP) is 2.57. The second-order valence-electron chi connectivity index (χ2n) is 4.77. The molecule has 1 aliphatic rings. The topological polar surface area (TPSA) is 15.3 Å². The van der Waals surface area contributed by atoms with Crippen LogP contribution in [0.1, 0.15) is 25.3 Å². The van der Waals surface area contributed by atoms with E-state index < -0.39 is 0 Å². The quantitative estimate of drug-likeness (QED) is 0.779. The molecule has 1 heterocycles. The number of nitrogens with zero attached hydrogens (tertiary/aromatic N) is 1. The highest BCUT2D eigenvalue weighted by atomic mass is 15.2. The van der Waals surface area contributed by atoms with Gasteiger partial charge in [0, 0.05) is 18.3 Å². The molecule has 1 N–H and O–H groups in total. The van der Waals surface area contributed by atoms with Crippen LogP contribution in [0, 0.1) is 6.92 Å². The van der Waals surface area contributed by atoms with Crippen molar-refractivity contribution in [1.29, 1.82) is 0 Å². The maximum absolute atomic E-state index is 3.47. The fourth-order valence-corrected chi connectivity index (χ4v) is 2.31. The van der Waals surface area contributed by atoms with E-state index in [1.165, 1.54) is 24.1 Å². The van der Waals surface area contributed by atoms with E-state index in [-0.39, 0.29) is 0 Å². The number of hydrogen-bond donors (Lipinski definition) is 1. The Bertz CT molecular complexity index is 318. The van der Waals surface area contributed by atoms with Gasteiger partial charge in [-0.05, 0) is 51.9 Å². The molecule has 0 amide bonds. The first kappa shape index (κ1) is 11.5. The highest BCUT2D eigenvalue weighted by Crippen LogP contribution is 2.20. The molecule has 1 atom stereocenters. The van der Waals surface area contributed by atoms with Crippen LogP contribution >= 0.6 is 0 Å². The van der Waals surface area contributed by atoms with Crippen LogP contribution in [0.5, 0.6) is 0 Å². The summed E-state index contributed by atoms with van der Waals surface area (Å²) in [4.78, 5) is 2.54. The zero-order valence-electron chi connectivity index (χ0n) is 10.4. The molecule has 1 aromatic rings. The van der Waals surface area contributed by atoms with Crippen molar-refractivity contribution < 1.29 is 0 Å². The Morgan fingerprint density at radius 1 is 1.19 bits per heavy atom. The first-order valence-corrected chi connectivity index (χ1v) is 6.31. The molecule has 0 radical (unpaired) electrons. The Morgan fingerprint density at radius 2 is 1.94 bits per heavy atom. The van der Waals surface area contributed by atoms with Crippen LogP contribution in [0.25, 0.3) is 0 Å². The fraction of sp³-hybridized carbons (Fsp3) is 0.571. The zero-order valence-corrected chi connectivity index (χ0v) is 10.4. The number of anilines is 1. The third kappa shape index (κ3) is 2.76. The average Bonchev–Trinajstić information content (AvgIpc) is 2.26. The van der Waals surface area contributed by atoms with Crippen molar-refractivity contribution in [3.8, 4) is 0 Å². The van der Waals surface area contributed by atoms with Crippen molar-refractivity contribution in [2.24, 2.45) is 0 Å². The maximum atomic E-state index is 3.47. The van der Waals surface area contributed by atoms with E-state index in [1.807, 2.05) is 0 Å². The van der Waals surface area contributed by atoms with Gasteiger partial charge in [0.2, 0.25) is 0 Å². The summed E-state index contributed by atoms with van der Waals surface area (Å²) in [7, 11) is 0. The lowest BCUT2D eigenvalue weighted by molar-refractivity contribution is 0.499. The van der Waals surface area contributed by atoms with Crippen molar-refractivity contribution in [3.05, 3.63) is 29.8 Å². The van der Waals surface area contributed by atoms with Crippen molar-refractivity contribution in [2.75, 3.05) is 24.5 Å². The molecule has 0 saturated carbocycles. The Labute approximate surface area is 98.7 Å². The monoisotopic (exact) mass is 218 g/mol. The highest BCUT2D eigenvalue weighted by Gasteiger charge is 2.15. The molecule has 88 valence electrons. The van der Waals surface area contributed by atoms with E-state index in [2.05, 4.69) is 48.3 Å². The summed E-state index contributed by atoms with van der Waals surface area (Å²) in [6, 6.07) is 9.55. The first-order chi connectivity index (χ1) is 7.77. The molecule has 1 aromatic carbocycles. The third-order valence-electron chi connectivity index (χ3n) is 3.39. The van der Waals surface area contributed by atoms with Gasteiger partial charge in [0.05, 0.1) is 0 Å². The molecule has 1 aliphatic heterocycles. The lowest BCUT2D eigenvalue weighted by Crippen LogP contribution is -2.40. The molecule has 1 fully saturated rings. The molecule has 1 unspecified atom stereocenters. The van der Waals surface area contributed by atoms with Gasteiger partial charge in [-0.3, -0.25) is 0 Å². The molecular formula is C14H22N2. The van der Waals surface area contributed by atoms with Crippen molar-refractivity contribution in [3.63, 3.8) is 0 Å². The molecule has 2 heteroatoms. The van der Waals surface area contributed by atoms with E-state index in [1.54, 1.807) is 0 Å². The molecule has 1 saturated heterocycles. The van der Waals surface area contributed by atoms with Crippen LogP contribution in [0.15, 0.2) is 24.3 Å². The molecule has 2 rings (SSSR count). The molecule has 2 nitrogen and oxygen atoms in total. The third-order valence-corrected chi connectivity index (χ3v) is 3.39. The summed E-state index contributed by atoms with van der Waals surface area (Å²) < 4.78 is 0. The van der Waals surface area contributed by atoms with Gasteiger partial charge < -0.3 is 10.2 Å². The summed E-state index contributed by atoms with van der Waals surface area (Å²) in [5, 5.41) is 3.47. The average molecular weight is 218 g/mol. The van der Waals surface area contributed by atoms with Gasteiger partial charge in [0.25, 0.3) is 0 Å². The standard InChI is InChI=1S/C14H22N2/c1-12-4-6-14(7-5-12)16-11-3-9-15-10-8-13(16)2/h4-7,13,15H,3,8-11H2,1-2H3. The number of aryl methyl sites for hydroxylation is 1. The Morgan fingerprint density at radius 3 is 2.69 bits per heavy atom. The highest BCUT2D eigenvalue weighted by molar-refractivity contribution is 5.48. The summed E-state index contributed by atoms with van der Waals surface area (Å²) in [6.45, 7) is 7.92. The first-order valence-electron chi connectivity index (χ1n) is 6.31. The van der Waals surface area contributed by atoms with E-state index in [9.17, 15) is 0 Å². The molecule has 0 aromatic heterocycles. The summed E-state index contributed by atoms with van der Waals surface area (Å²) in [6.07, 6.45) is 2.46. The molecule has 0 spiro atoms. The van der Waals surface area contributed by atoms with Gasteiger partial charge in [0.15, 0.2) is 0 Å². The lowest BCUT2D eigenvalue weighted by atomic mass is 10.1. The van der Waals surface area contributed by atoms with E-state index in [0.29, 0.717) is 6.04 Å². The second-order valence-corrected chi connectivity index (χ2v) is 4.77. The van der Waals surface area contributed by atoms with E-state index in [0.717, 1.165) is 19.6 Å². The molecule has 16 heavy (non-hydrogen) atoms. The maximum Gasteiger partial charge on any atom is 0.0368 e.